The van der Waals surface area contributed by atoms with Gasteiger partial charge in [-0.25, -0.2) is 4.79 Å². The molecule has 0 unspecified atom stereocenters. The fraction of sp³-hybridized carbons (Fsp3) is 0.929. The molecule has 0 spiro atoms. The summed E-state index contributed by atoms with van der Waals surface area (Å²) in [6.45, 7) is 6.97. The van der Waals surface area contributed by atoms with Gasteiger partial charge in [-0.05, 0) is 45.4 Å². The van der Waals surface area contributed by atoms with Crippen molar-refractivity contribution in [3.05, 3.63) is 0 Å². The van der Waals surface area contributed by atoms with Crippen LogP contribution in [0.15, 0.2) is 0 Å². The van der Waals surface area contributed by atoms with E-state index in [0.29, 0.717) is 13.2 Å². The zero-order valence-electron chi connectivity index (χ0n) is 12.0. The van der Waals surface area contributed by atoms with E-state index in [9.17, 15) is 4.79 Å². The van der Waals surface area contributed by atoms with E-state index >= 15 is 0 Å². The molecule has 19 heavy (non-hydrogen) atoms. The number of esters is 1. The Bertz CT molecular complexity index is 280. The Labute approximate surface area is 115 Å². The second-order valence-corrected chi connectivity index (χ2v) is 5.44. The maximum atomic E-state index is 11.5. The van der Waals surface area contributed by atoms with Gasteiger partial charge >= 0.3 is 5.97 Å². The van der Waals surface area contributed by atoms with E-state index < -0.39 is 6.10 Å². The van der Waals surface area contributed by atoms with Crippen LogP contribution in [-0.4, -0.2) is 74.9 Å². The van der Waals surface area contributed by atoms with Gasteiger partial charge in [0.1, 0.15) is 0 Å². The summed E-state index contributed by atoms with van der Waals surface area (Å²) in [4.78, 5) is 16.3. The smallest absolute Gasteiger partial charge is 0.336 e. The van der Waals surface area contributed by atoms with Crippen molar-refractivity contribution in [1.82, 2.24) is 9.80 Å². The van der Waals surface area contributed by atoms with Crippen molar-refractivity contribution in [2.45, 2.75) is 31.8 Å². The van der Waals surface area contributed by atoms with E-state index in [1.165, 1.54) is 52.4 Å². The molecule has 2 fully saturated rings. The Morgan fingerprint density at radius 1 is 1.16 bits per heavy atom. The molecule has 2 aliphatic heterocycles. The Morgan fingerprint density at radius 3 is 2.63 bits per heavy atom. The number of likely N-dealkylation sites (tertiary alicyclic amines) is 1. The monoisotopic (exact) mass is 270 g/mol. The first-order valence-electron chi connectivity index (χ1n) is 7.44. The molecule has 110 valence electrons. The lowest BCUT2D eigenvalue weighted by Gasteiger charge is -2.32. The van der Waals surface area contributed by atoms with Crippen molar-refractivity contribution >= 4 is 5.97 Å². The van der Waals surface area contributed by atoms with Gasteiger partial charge in [0, 0.05) is 13.1 Å². The molecule has 0 aromatic heterocycles. The first-order chi connectivity index (χ1) is 9.29. The number of ether oxygens (including phenoxy) is 2. The second-order valence-electron chi connectivity index (χ2n) is 5.44. The highest BCUT2D eigenvalue weighted by Gasteiger charge is 2.27. The summed E-state index contributed by atoms with van der Waals surface area (Å²) in [5, 5.41) is 0. The lowest BCUT2D eigenvalue weighted by atomic mass is 10.1. The minimum Gasteiger partial charge on any atom is -0.467 e. The highest BCUT2D eigenvalue weighted by molar-refractivity contribution is 5.74. The molecule has 0 saturated carbocycles. The van der Waals surface area contributed by atoms with E-state index in [1.54, 1.807) is 0 Å². The van der Waals surface area contributed by atoms with Crippen molar-refractivity contribution in [3.63, 3.8) is 0 Å². The van der Waals surface area contributed by atoms with E-state index in [1.807, 2.05) is 0 Å². The van der Waals surface area contributed by atoms with Gasteiger partial charge in [0.2, 0.25) is 0 Å². The van der Waals surface area contributed by atoms with Gasteiger partial charge in [-0.15, -0.1) is 0 Å². The molecule has 0 amide bonds. The largest absolute Gasteiger partial charge is 0.467 e. The van der Waals surface area contributed by atoms with Gasteiger partial charge < -0.3 is 14.4 Å². The lowest BCUT2D eigenvalue weighted by Crippen LogP contribution is -2.47. The van der Waals surface area contributed by atoms with E-state index in [-0.39, 0.29) is 5.97 Å². The molecule has 0 radical (unpaired) electrons. The molecule has 0 aromatic carbocycles. The predicted molar refractivity (Wildman–Crippen MR) is 73.1 cm³/mol. The van der Waals surface area contributed by atoms with Crippen LogP contribution >= 0.6 is 0 Å². The minimum atomic E-state index is -0.395. The molecule has 2 rings (SSSR count). The zero-order chi connectivity index (χ0) is 13.5. The summed E-state index contributed by atoms with van der Waals surface area (Å²) in [5.74, 6) is -0.249. The number of piperidine rings is 1. The number of nitrogens with zero attached hydrogens (tertiary/aromatic N) is 2. The molecule has 5 heteroatoms. The summed E-state index contributed by atoms with van der Waals surface area (Å²) in [6.07, 6.45) is 4.87. The molecule has 2 heterocycles. The fourth-order valence-corrected chi connectivity index (χ4v) is 2.88. The van der Waals surface area contributed by atoms with Crippen LogP contribution in [0.4, 0.5) is 0 Å². The van der Waals surface area contributed by atoms with Gasteiger partial charge in [-0.3, -0.25) is 4.90 Å². The number of rotatable bonds is 5. The topological polar surface area (TPSA) is 42.0 Å². The number of methoxy groups -OCH3 is 1. The zero-order valence-corrected chi connectivity index (χ0v) is 12.0. The van der Waals surface area contributed by atoms with Crippen molar-refractivity contribution in [2.75, 3.05) is 53.0 Å². The summed E-state index contributed by atoms with van der Waals surface area (Å²) in [6, 6.07) is 0. The van der Waals surface area contributed by atoms with Crippen molar-refractivity contribution in [2.24, 2.45) is 0 Å². The van der Waals surface area contributed by atoms with Crippen LogP contribution in [0, 0.1) is 0 Å². The fourth-order valence-electron chi connectivity index (χ4n) is 2.88. The number of carbonyl (C=O) groups excluding carboxylic acids is 1. The highest BCUT2D eigenvalue weighted by Crippen LogP contribution is 2.10. The predicted octanol–water partition coefficient (Wildman–Crippen LogP) is 0.736. The highest BCUT2D eigenvalue weighted by atomic mass is 16.6. The Balaban J connectivity index is 1.63. The van der Waals surface area contributed by atoms with Crippen molar-refractivity contribution < 1.29 is 14.3 Å². The molecular formula is C14H26N2O3. The van der Waals surface area contributed by atoms with Crippen LogP contribution in [0.25, 0.3) is 0 Å². The third-order valence-corrected chi connectivity index (χ3v) is 4.01. The van der Waals surface area contributed by atoms with Gasteiger partial charge in [0.15, 0.2) is 6.10 Å². The molecule has 0 aliphatic carbocycles. The van der Waals surface area contributed by atoms with Crippen LogP contribution < -0.4 is 0 Å². The molecule has 2 aliphatic rings. The summed E-state index contributed by atoms with van der Waals surface area (Å²) < 4.78 is 10.2. The van der Waals surface area contributed by atoms with Gasteiger partial charge in [-0.1, -0.05) is 6.42 Å². The maximum absolute atomic E-state index is 11.5. The average molecular weight is 270 g/mol. The molecule has 0 bridgehead atoms. The standard InChI is InChI=1S/C14H26N2O3/c1-18-14(17)13-12-16(10-11-19-13)9-5-8-15-6-3-2-4-7-15/h13H,2-12H2,1H3/t13-/m0/s1. The first-order valence-corrected chi connectivity index (χ1v) is 7.44. The van der Waals surface area contributed by atoms with Crippen LogP contribution in [-0.2, 0) is 14.3 Å². The van der Waals surface area contributed by atoms with Gasteiger partial charge in [0.05, 0.1) is 13.7 Å². The number of carbonyl (C=O) groups is 1. The van der Waals surface area contributed by atoms with Crippen LogP contribution in [0.5, 0.6) is 0 Å². The minimum absolute atomic E-state index is 0.249. The summed E-state index contributed by atoms with van der Waals surface area (Å²) in [5.41, 5.74) is 0. The normalized spacial score (nSPS) is 26.3. The SMILES string of the molecule is COC(=O)[C@@H]1CN(CCCN2CCCCC2)CCO1. The Morgan fingerprint density at radius 2 is 1.89 bits per heavy atom. The average Bonchev–Trinajstić information content (AvgIpc) is 2.48. The number of hydrogen-bond donors (Lipinski definition) is 0. The maximum Gasteiger partial charge on any atom is 0.336 e. The lowest BCUT2D eigenvalue weighted by molar-refractivity contribution is -0.159. The molecule has 1 atom stereocenters. The van der Waals surface area contributed by atoms with Crippen molar-refractivity contribution in [3.8, 4) is 0 Å². The first kappa shape index (κ1) is 14.8. The van der Waals surface area contributed by atoms with Gasteiger partial charge in [-0.2, -0.15) is 0 Å². The number of morpholine rings is 1. The molecule has 0 N–H and O–H groups in total. The molecule has 0 aromatic rings. The van der Waals surface area contributed by atoms with E-state index in [4.69, 9.17) is 9.47 Å². The van der Waals surface area contributed by atoms with Gasteiger partial charge in [0.25, 0.3) is 0 Å². The Kier molecular flexibility index (Phi) is 6.07. The van der Waals surface area contributed by atoms with Crippen LogP contribution in [0.2, 0.25) is 0 Å². The van der Waals surface area contributed by atoms with Crippen LogP contribution in [0.3, 0.4) is 0 Å². The van der Waals surface area contributed by atoms with E-state index in [2.05, 4.69) is 9.80 Å². The van der Waals surface area contributed by atoms with Crippen molar-refractivity contribution in [1.29, 1.82) is 0 Å². The van der Waals surface area contributed by atoms with Crippen LogP contribution in [0.1, 0.15) is 25.7 Å². The van der Waals surface area contributed by atoms with E-state index in [0.717, 1.165) is 13.1 Å². The molecule has 2 saturated heterocycles. The quantitative estimate of drug-likeness (QED) is 0.689. The molecule has 5 nitrogen and oxygen atoms in total. The third-order valence-electron chi connectivity index (χ3n) is 4.01. The number of hydrogen-bond acceptors (Lipinski definition) is 5. The molecular weight excluding hydrogens is 244 g/mol. The second kappa shape index (κ2) is 7.82. The summed E-state index contributed by atoms with van der Waals surface area (Å²) in [7, 11) is 1.42. The Hall–Kier alpha value is -0.650. The summed E-state index contributed by atoms with van der Waals surface area (Å²) >= 11 is 0. The third kappa shape index (κ3) is 4.75.